The second-order valence-corrected chi connectivity index (χ2v) is 6.77. The van der Waals surface area contributed by atoms with Crippen LogP contribution >= 0.6 is 0 Å². The topological polar surface area (TPSA) is 34.1 Å². The molecule has 0 aromatic heterocycles. The summed E-state index contributed by atoms with van der Waals surface area (Å²) in [6, 6.07) is 12.4. The van der Waals surface area contributed by atoms with Gasteiger partial charge in [0.05, 0.1) is 11.3 Å². The van der Waals surface area contributed by atoms with Crippen LogP contribution in [0, 0.1) is 0 Å². The molecule has 3 rings (SSSR count). The Morgan fingerprint density at radius 3 is 2.25 bits per heavy atom. The number of rotatable bonds is 7. The summed E-state index contributed by atoms with van der Waals surface area (Å²) in [6.07, 6.45) is -1.88. The van der Waals surface area contributed by atoms with Crippen molar-refractivity contribution in [3.63, 3.8) is 0 Å². The van der Waals surface area contributed by atoms with Crippen LogP contribution in [-0.2, 0) is 17.6 Å². The third kappa shape index (κ3) is 5.73. The van der Waals surface area contributed by atoms with Crippen molar-refractivity contribution < 1.29 is 22.7 Å². The van der Waals surface area contributed by atoms with Gasteiger partial charge in [0.2, 0.25) is 0 Å². The minimum absolute atomic E-state index is 0.104. The fourth-order valence-corrected chi connectivity index (χ4v) is 2.92. The number of alkyl halides is 3. The Hall–Kier alpha value is -2.54. The highest BCUT2D eigenvalue weighted by atomic mass is 19.4. The van der Waals surface area contributed by atoms with Crippen LogP contribution in [0.15, 0.2) is 53.7 Å². The zero-order valence-corrected chi connectivity index (χ0v) is 15.7. The van der Waals surface area contributed by atoms with E-state index in [2.05, 4.69) is 10.1 Å². The van der Waals surface area contributed by atoms with Gasteiger partial charge in [-0.3, -0.25) is 4.90 Å². The van der Waals surface area contributed by atoms with Gasteiger partial charge in [-0.2, -0.15) is 13.2 Å². The lowest BCUT2D eigenvalue weighted by Crippen LogP contribution is -2.24. The Labute approximate surface area is 162 Å². The summed E-state index contributed by atoms with van der Waals surface area (Å²) < 4.78 is 43.4. The van der Waals surface area contributed by atoms with Gasteiger partial charge in [0.15, 0.2) is 0 Å². The highest BCUT2D eigenvalue weighted by molar-refractivity contribution is 5.98. The number of halogens is 3. The summed E-state index contributed by atoms with van der Waals surface area (Å²) >= 11 is 0. The summed E-state index contributed by atoms with van der Waals surface area (Å²) in [4.78, 5) is 7.55. The van der Waals surface area contributed by atoms with E-state index in [0.29, 0.717) is 18.0 Å². The first-order chi connectivity index (χ1) is 13.4. The predicted molar refractivity (Wildman–Crippen MR) is 101 cm³/mol. The van der Waals surface area contributed by atoms with Crippen LogP contribution in [0.4, 0.5) is 13.2 Å². The van der Waals surface area contributed by atoms with Gasteiger partial charge in [0.1, 0.15) is 19.1 Å². The van der Waals surface area contributed by atoms with Crippen molar-refractivity contribution in [1.29, 1.82) is 0 Å². The summed E-state index contributed by atoms with van der Waals surface area (Å²) in [5, 5.41) is 4.04. The van der Waals surface area contributed by atoms with Crippen LogP contribution in [0.3, 0.4) is 0 Å². The fraction of sp³-hybridized carbons (Fsp3) is 0.381. The highest BCUT2D eigenvalue weighted by Crippen LogP contribution is 2.29. The SMILES string of the molecule is C/C(=N\OCc1ccc(C(F)(F)F)cc1)c1ccc(OCN2CCCC2)cc1. The van der Waals surface area contributed by atoms with Gasteiger partial charge < -0.3 is 9.57 Å². The summed E-state index contributed by atoms with van der Waals surface area (Å²) in [6.45, 7) is 4.68. The average Bonchev–Trinajstić information content (AvgIpc) is 3.20. The maximum absolute atomic E-state index is 12.6. The van der Waals surface area contributed by atoms with Crippen LogP contribution in [0.5, 0.6) is 5.75 Å². The summed E-state index contributed by atoms with van der Waals surface area (Å²) in [5.74, 6) is 0.800. The molecule has 7 heteroatoms. The highest BCUT2D eigenvalue weighted by Gasteiger charge is 2.29. The molecule has 1 heterocycles. The fourth-order valence-electron chi connectivity index (χ4n) is 2.92. The van der Waals surface area contributed by atoms with Crippen molar-refractivity contribution in [2.24, 2.45) is 5.16 Å². The molecule has 0 aliphatic carbocycles. The molecule has 28 heavy (non-hydrogen) atoms. The Morgan fingerprint density at radius 1 is 1.00 bits per heavy atom. The molecule has 0 radical (unpaired) electrons. The van der Waals surface area contributed by atoms with E-state index in [0.717, 1.165) is 36.5 Å². The smallest absolute Gasteiger partial charge is 0.416 e. The first kappa shape index (κ1) is 20.2. The molecule has 1 fully saturated rings. The Kier molecular flexibility index (Phi) is 6.57. The van der Waals surface area contributed by atoms with Gasteiger partial charge in [-0.25, -0.2) is 0 Å². The van der Waals surface area contributed by atoms with Crippen molar-refractivity contribution in [3.8, 4) is 5.75 Å². The van der Waals surface area contributed by atoms with Crippen molar-refractivity contribution in [3.05, 3.63) is 65.2 Å². The maximum Gasteiger partial charge on any atom is 0.416 e. The van der Waals surface area contributed by atoms with Crippen molar-refractivity contribution in [2.45, 2.75) is 32.5 Å². The molecule has 0 bridgehead atoms. The van der Waals surface area contributed by atoms with Gasteiger partial charge in [0.25, 0.3) is 0 Å². The lowest BCUT2D eigenvalue weighted by Gasteiger charge is -2.15. The maximum atomic E-state index is 12.6. The van der Waals surface area contributed by atoms with E-state index in [-0.39, 0.29) is 6.61 Å². The second-order valence-electron chi connectivity index (χ2n) is 6.77. The normalized spacial score (nSPS) is 15.6. The van der Waals surface area contributed by atoms with Crippen LogP contribution in [0.2, 0.25) is 0 Å². The predicted octanol–water partition coefficient (Wildman–Crippen LogP) is 5.08. The molecule has 0 saturated carbocycles. The van der Waals surface area contributed by atoms with Gasteiger partial charge >= 0.3 is 6.18 Å². The minimum atomic E-state index is -4.33. The number of ether oxygens (including phenoxy) is 1. The van der Waals surface area contributed by atoms with Gasteiger partial charge in [-0.05, 0) is 67.3 Å². The zero-order valence-electron chi connectivity index (χ0n) is 15.7. The molecule has 2 aromatic rings. The molecule has 0 spiro atoms. The van der Waals surface area contributed by atoms with E-state index in [1.807, 2.05) is 31.2 Å². The van der Waals surface area contributed by atoms with Crippen molar-refractivity contribution >= 4 is 5.71 Å². The lowest BCUT2D eigenvalue weighted by molar-refractivity contribution is -0.137. The number of hydrogen-bond donors (Lipinski definition) is 0. The van der Waals surface area contributed by atoms with E-state index in [4.69, 9.17) is 9.57 Å². The summed E-state index contributed by atoms with van der Waals surface area (Å²) in [7, 11) is 0. The largest absolute Gasteiger partial charge is 0.478 e. The Morgan fingerprint density at radius 2 is 1.64 bits per heavy atom. The van der Waals surface area contributed by atoms with E-state index in [1.165, 1.54) is 25.0 Å². The van der Waals surface area contributed by atoms with E-state index in [1.54, 1.807) is 0 Å². The van der Waals surface area contributed by atoms with E-state index in [9.17, 15) is 13.2 Å². The van der Waals surface area contributed by atoms with Gasteiger partial charge in [-0.1, -0.05) is 17.3 Å². The van der Waals surface area contributed by atoms with Crippen LogP contribution in [0.1, 0.15) is 36.5 Å². The van der Waals surface area contributed by atoms with Crippen molar-refractivity contribution in [2.75, 3.05) is 19.8 Å². The third-order valence-electron chi connectivity index (χ3n) is 4.60. The molecule has 2 aromatic carbocycles. The molecule has 0 amide bonds. The average molecular weight is 392 g/mol. The molecule has 150 valence electrons. The minimum Gasteiger partial charge on any atom is -0.478 e. The number of likely N-dealkylation sites (tertiary alicyclic amines) is 1. The van der Waals surface area contributed by atoms with E-state index >= 15 is 0 Å². The van der Waals surface area contributed by atoms with Crippen LogP contribution in [0.25, 0.3) is 0 Å². The van der Waals surface area contributed by atoms with Gasteiger partial charge in [0, 0.05) is 13.1 Å². The van der Waals surface area contributed by atoms with Gasteiger partial charge in [-0.15, -0.1) is 0 Å². The number of benzene rings is 2. The van der Waals surface area contributed by atoms with E-state index < -0.39 is 11.7 Å². The zero-order chi connectivity index (χ0) is 20.0. The monoisotopic (exact) mass is 392 g/mol. The summed E-state index contributed by atoms with van der Waals surface area (Å²) in [5.41, 5.74) is 1.51. The van der Waals surface area contributed by atoms with Crippen molar-refractivity contribution in [1.82, 2.24) is 4.90 Å². The molecular weight excluding hydrogens is 369 g/mol. The second kappa shape index (κ2) is 9.10. The quantitative estimate of drug-likeness (QED) is 0.487. The number of oxime groups is 1. The molecule has 0 unspecified atom stereocenters. The molecular formula is C21H23F3N2O2. The standard InChI is InChI=1S/C21H23F3N2O2/c1-16(25-28-14-17-4-8-19(9-5-17)21(22,23)24)18-6-10-20(11-7-18)27-15-26-12-2-3-13-26/h4-11H,2-3,12-15H2,1H3/b25-16+. The Bertz CT molecular complexity index is 781. The molecule has 1 aliphatic heterocycles. The lowest BCUT2D eigenvalue weighted by atomic mass is 10.1. The first-order valence-corrected chi connectivity index (χ1v) is 9.20. The molecule has 0 N–H and O–H groups in total. The molecule has 0 atom stereocenters. The Balaban J connectivity index is 1.49. The van der Waals surface area contributed by atoms with Crippen LogP contribution in [-0.4, -0.2) is 30.4 Å². The van der Waals surface area contributed by atoms with Crippen LogP contribution < -0.4 is 4.74 Å². The third-order valence-corrected chi connectivity index (χ3v) is 4.60. The first-order valence-electron chi connectivity index (χ1n) is 9.20. The molecule has 1 saturated heterocycles. The molecule has 1 aliphatic rings. The molecule has 4 nitrogen and oxygen atoms in total. The number of nitrogens with zero attached hydrogens (tertiary/aromatic N) is 2. The number of hydrogen-bond acceptors (Lipinski definition) is 4.